The van der Waals surface area contributed by atoms with E-state index in [1.54, 1.807) is 0 Å². The Morgan fingerprint density at radius 1 is 0.364 bits per heavy atom. The van der Waals surface area contributed by atoms with Gasteiger partial charge in [0.05, 0.1) is 27.7 Å². The van der Waals surface area contributed by atoms with Gasteiger partial charge in [-0.25, -0.2) is 0 Å². The molecule has 516 valence electrons. The number of carbonyl (C=O) groups excluding carboxylic acids is 2. The quantitative estimate of drug-likeness (QED) is 0.0195. The number of allylic oxidation sites excluding steroid dienone is 10. The number of likely N-dealkylation sites (N-methyl/N-ethyl adjacent to an activating group) is 1. The van der Waals surface area contributed by atoms with Crippen LogP contribution in [0.25, 0.3) is 0 Å². The van der Waals surface area contributed by atoms with Gasteiger partial charge in [-0.2, -0.15) is 0 Å². The smallest absolute Gasteiger partial charge is 0.306 e. The van der Waals surface area contributed by atoms with Crippen LogP contribution in [0.2, 0.25) is 0 Å². The van der Waals surface area contributed by atoms with Crippen molar-refractivity contribution < 1.29 is 42.1 Å². The zero-order chi connectivity index (χ0) is 64.1. The zero-order valence-electron chi connectivity index (χ0n) is 58.9. The first-order chi connectivity index (χ1) is 43.0. The number of ether oxygens (including phenoxy) is 2. The monoisotopic (exact) mass is 1260 g/mol. The number of unbranched alkanes of at least 4 members (excludes halogenated alkanes) is 47. The number of rotatable bonds is 71. The molecular formula is C78H146NO8P. The number of nitrogens with zero attached hydrogens (tertiary/aromatic N) is 1. The molecule has 0 saturated carbocycles. The van der Waals surface area contributed by atoms with Crippen molar-refractivity contribution in [1.82, 2.24) is 0 Å². The maximum Gasteiger partial charge on any atom is 0.306 e. The molecule has 0 heterocycles. The van der Waals surface area contributed by atoms with Gasteiger partial charge in [0.15, 0.2) is 6.10 Å². The van der Waals surface area contributed by atoms with E-state index >= 15 is 0 Å². The molecule has 9 nitrogen and oxygen atoms in total. The number of quaternary nitrogens is 1. The van der Waals surface area contributed by atoms with E-state index in [0.29, 0.717) is 17.4 Å². The Balaban J connectivity index is 3.95. The van der Waals surface area contributed by atoms with Crippen LogP contribution in [0.4, 0.5) is 0 Å². The Morgan fingerprint density at radius 3 is 0.966 bits per heavy atom. The van der Waals surface area contributed by atoms with Crippen LogP contribution >= 0.6 is 7.82 Å². The van der Waals surface area contributed by atoms with E-state index in [4.69, 9.17) is 18.5 Å². The average Bonchev–Trinajstić information content (AvgIpc) is 3.57. The van der Waals surface area contributed by atoms with Gasteiger partial charge in [0.25, 0.3) is 7.82 Å². The van der Waals surface area contributed by atoms with Crippen LogP contribution in [0.3, 0.4) is 0 Å². The molecule has 0 aliphatic rings. The summed E-state index contributed by atoms with van der Waals surface area (Å²) >= 11 is 0. The van der Waals surface area contributed by atoms with Crippen LogP contribution in [0.1, 0.15) is 373 Å². The number of hydrogen-bond acceptors (Lipinski definition) is 8. The third-order valence-electron chi connectivity index (χ3n) is 17.1. The summed E-state index contributed by atoms with van der Waals surface area (Å²) in [7, 11) is 1.19. The minimum Gasteiger partial charge on any atom is -0.756 e. The molecule has 0 spiro atoms. The molecule has 2 atom stereocenters. The molecule has 0 aromatic carbocycles. The number of phosphoric acid groups is 1. The first-order valence-corrected chi connectivity index (χ1v) is 39.5. The largest absolute Gasteiger partial charge is 0.756 e. The zero-order valence-corrected chi connectivity index (χ0v) is 59.8. The fraction of sp³-hybridized carbons (Fsp3) is 0.846. The highest BCUT2D eigenvalue weighted by Gasteiger charge is 2.22. The van der Waals surface area contributed by atoms with Gasteiger partial charge in [0.1, 0.15) is 19.8 Å². The van der Waals surface area contributed by atoms with Crippen LogP contribution in [0.15, 0.2) is 60.8 Å². The predicted octanol–water partition coefficient (Wildman–Crippen LogP) is 24.3. The maximum absolute atomic E-state index is 12.9. The van der Waals surface area contributed by atoms with Crippen molar-refractivity contribution in [3.63, 3.8) is 0 Å². The van der Waals surface area contributed by atoms with Crippen LogP contribution in [0.5, 0.6) is 0 Å². The highest BCUT2D eigenvalue weighted by atomic mass is 31.2. The average molecular weight is 1260 g/mol. The SMILES string of the molecule is CC/C=C\C/C=C\C/C=C\C/C=C\C/C=C\CCCCCCCCCCCCCCCCCCCCCC(=O)OC(COC(=O)CCCCCCCCCCCCCCCCCCCCCCCCCCCCCCC)COP(=O)([O-])OCC[N+](C)(C)C. The summed E-state index contributed by atoms with van der Waals surface area (Å²) in [5.41, 5.74) is 0. The summed E-state index contributed by atoms with van der Waals surface area (Å²) < 4.78 is 34.4. The molecule has 88 heavy (non-hydrogen) atoms. The van der Waals surface area contributed by atoms with Crippen molar-refractivity contribution in [2.45, 2.75) is 380 Å². The van der Waals surface area contributed by atoms with E-state index in [-0.39, 0.29) is 32.0 Å². The topological polar surface area (TPSA) is 111 Å². The van der Waals surface area contributed by atoms with E-state index < -0.39 is 26.5 Å². The number of hydrogen-bond donors (Lipinski definition) is 0. The van der Waals surface area contributed by atoms with Crippen LogP contribution in [-0.2, 0) is 32.7 Å². The van der Waals surface area contributed by atoms with Crippen LogP contribution in [-0.4, -0.2) is 70.0 Å². The number of esters is 2. The highest BCUT2D eigenvalue weighted by molar-refractivity contribution is 7.45. The molecular weight excluding hydrogens is 1110 g/mol. The van der Waals surface area contributed by atoms with Crippen molar-refractivity contribution in [2.24, 2.45) is 0 Å². The second-order valence-electron chi connectivity index (χ2n) is 27.0. The Bertz CT molecular complexity index is 1670. The molecule has 0 aliphatic heterocycles. The minimum absolute atomic E-state index is 0.0286. The van der Waals surface area contributed by atoms with Crippen molar-refractivity contribution in [3.8, 4) is 0 Å². The van der Waals surface area contributed by atoms with Crippen molar-refractivity contribution in [1.29, 1.82) is 0 Å². The van der Waals surface area contributed by atoms with Gasteiger partial charge in [0, 0.05) is 12.8 Å². The lowest BCUT2D eigenvalue weighted by molar-refractivity contribution is -0.870. The van der Waals surface area contributed by atoms with E-state index in [2.05, 4.69) is 74.6 Å². The van der Waals surface area contributed by atoms with Crippen molar-refractivity contribution in [3.05, 3.63) is 60.8 Å². The summed E-state index contributed by atoms with van der Waals surface area (Å²) in [6, 6.07) is 0. The Morgan fingerprint density at radius 2 is 0.648 bits per heavy atom. The molecule has 0 aromatic heterocycles. The van der Waals surface area contributed by atoms with Gasteiger partial charge in [-0.1, -0.05) is 364 Å². The Kier molecular flexibility index (Phi) is 67.3. The molecule has 0 aliphatic carbocycles. The molecule has 0 N–H and O–H groups in total. The summed E-state index contributed by atoms with van der Waals surface area (Å²) in [6.45, 7) is 4.20. The second kappa shape index (κ2) is 69.1. The molecule has 0 amide bonds. The standard InChI is InChI=1S/C78H146NO8P/c1-6-8-10-12-14-16-18-20-22-24-26-28-30-32-34-36-37-38-39-40-41-43-45-47-49-51-53-55-57-59-61-63-65-67-69-71-78(81)87-76(75-86-88(82,83)85-73-72-79(3,4)5)74-84-77(80)70-68-66-64-62-60-58-56-54-52-50-48-46-44-42-35-33-31-29-27-25-23-21-19-17-15-13-11-9-7-2/h8,10,14,16,20,22,26,28,32,34,76H,6-7,9,11-13,15,17-19,21,23-25,27,29-31,33,35-75H2,1-5H3/b10-8-,16-14-,22-20-,28-26-,34-32-. The first-order valence-electron chi connectivity index (χ1n) is 38.0. The molecule has 0 fully saturated rings. The molecule has 0 bridgehead atoms. The van der Waals surface area contributed by atoms with Crippen molar-refractivity contribution >= 4 is 19.8 Å². The van der Waals surface area contributed by atoms with Gasteiger partial charge in [-0.15, -0.1) is 0 Å². The van der Waals surface area contributed by atoms with Gasteiger partial charge in [-0.3, -0.25) is 14.2 Å². The van der Waals surface area contributed by atoms with Gasteiger partial charge >= 0.3 is 11.9 Å². The van der Waals surface area contributed by atoms with Crippen LogP contribution < -0.4 is 4.89 Å². The molecule has 0 radical (unpaired) electrons. The first kappa shape index (κ1) is 85.7. The summed E-state index contributed by atoms with van der Waals surface area (Å²) in [5.74, 6) is -0.811. The van der Waals surface area contributed by atoms with E-state index in [1.807, 2.05) is 21.1 Å². The van der Waals surface area contributed by atoms with E-state index in [1.165, 1.54) is 276 Å². The summed E-state index contributed by atoms with van der Waals surface area (Å²) in [5, 5.41) is 0. The van der Waals surface area contributed by atoms with E-state index in [9.17, 15) is 19.0 Å². The Labute approximate surface area is 546 Å². The second-order valence-corrected chi connectivity index (χ2v) is 28.4. The lowest BCUT2D eigenvalue weighted by Gasteiger charge is -2.28. The van der Waals surface area contributed by atoms with E-state index in [0.717, 1.165) is 64.2 Å². The van der Waals surface area contributed by atoms with Crippen LogP contribution in [0, 0.1) is 0 Å². The highest BCUT2D eigenvalue weighted by Crippen LogP contribution is 2.38. The third kappa shape index (κ3) is 72.8. The van der Waals surface area contributed by atoms with Crippen molar-refractivity contribution in [2.75, 3.05) is 47.5 Å². The summed E-state index contributed by atoms with van der Waals surface area (Å²) in [6.07, 6.45) is 91.9. The van der Waals surface area contributed by atoms with Gasteiger partial charge < -0.3 is 27.9 Å². The summed E-state index contributed by atoms with van der Waals surface area (Å²) in [4.78, 5) is 38.1. The molecule has 0 rings (SSSR count). The number of phosphoric ester groups is 1. The molecule has 2 unspecified atom stereocenters. The lowest BCUT2D eigenvalue weighted by atomic mass is 10.0. The van der Waals surface area contributed by atoms with Gasteiger partial charge in [-0.05, 0) is 57.8 Å². The maximum atomic E-state index is 12.9. The number of carbonyl (C=O) groups is 2. The third-order valence-corrected chi connectivity index (χ3v) is 18.0. The normalized spacial score (nSPS) is 13.4. The van der Waals surface area contributed by atoms with Gasteiger partial charge in [0.2, 0.25) is 0 Å². The Hall–Kier alpha value is -2.29. The molecule has 0 saturated heterocycles. The fourth-order valence-corrected chi connectivity index (χ4v) is 12.0. The minimum atomic E-state index is -4.64. The fourth-order valence-electron chi connectivity index (χ4n) is 11.3. The lowest BCUT2D eigenvalue weighted by Crippen LogP contribution is -2.37. The molecule has 0 aromatic rings. The molecule has 10 heteroatoms. The predicted molar refractivity (Wildman–Crippen MR) is 379 cm³/mol.